The summed E-state index contributed by atoms with van der Waals surface area (Å²) >= 11 is 6.01. The molecule has 17 heteroatoms. The zero-order valence-electron chi connectivity index (χ0n) is 23.2. The summed E-state index contributed by atoms with van der Waals surface area (Å²) in [5.41, 5.74) is 0.487. The third kappa shape index (κ3) is 7.92. The maximum absolute atomic E-state index is 14.4. The first-order chi connectivity index (χ1) is 21.1. The molecule has 3 heterocycles. The number of halogens is 2. The van der Waals surface area contributed by atoms with Crippen molar-refractivity contribution in [1.82, 2.24) is 25.6 Å². The SMILES string of the molecule is COc1cnc(-c2cc(Cl)ccc2F)nc1Nc1ccncc1C(=O)NCCNC(=O)COC1O[C@H](CO)[C@@H](O)[C@H](O)[C@H]1O. The van der Waals surface area contributed by atoms with Crippen LogP contribution in [0.15, 0.2) is 42.9 Å². The number of aromatic nitrogens is 3. The molecule has 1 aliphatic heterocycles. The highest BCUT2D eigenvalue weighted by Crippen LogP contribution is 2.30. The lowest BCUT2D eigenvalue weighted by Gasteiger charge is -2.39. The van der Waals surface area contributed by atoms with Crippen LogP contribution in [0.25, 0.3) is 11.4 Å². The summed E-state index contributed by atoms with van der Waals surface area (Å²) in [4.78, 5) is 37.6. The van der Waals surface area contributed by atoms with Gasteiger partial charge in [0, 0.05) is 30.5 Å². The van der Waals surface area contributed by atoms with E-state index in [0.29, 0.717) is 10.7 Å². The van der Waals surface area contributed by atoms with Gasteiger partial charge in [-0.3, -0.25) is 14.6 Å². The molecule has 7 N–H and O–H groups in total. The standard InChI is InChI=1S/C27H30ClFN6O9/c1-42-18-10-33-24(14-8-13(28)2-3-16(14)29)35-25(18)34-17-4-5-30-9-15(17)26(41)32-7-6-31-20(37)12-43-27-23(40)22(39)21(38)19(11-36)44-27/h2-5,8-10,19,21-23,27,36,38-40H,6-7,11-12H2,1H3,(H,31,37)(H,32,41)(H,30,33,34,35)/t19-,21-,22+,23-,27?/m1/s1. The van der Waals surface area contributed by atoms with Crippen LogP contribution in [0.4, 0.5) is 15.9 Å². The Morgan fingerprint density at radius 2 is 1.86 bits per heavy atom. The average Bonchev–Trinajstić information content (AvgIpc) is 3.03. The first-order valence-electron chi connectivity index (χ1n) is 13.2. The lowest BCUT2D eigenvalue weighted by molar-refractivity contribution is -0.299. The van der Waals surface area contributed by atoms with E-state index in [9.17, 15) is 34.4 Å². The molecule has 15 nitrogen and oxygen atoms in total. The zero-order chi connectivity index (χ0) is 31.8. The molecule has 0 spiro atoms. The van der Waals surface area contributed by atoms with Gasteiger partial charge in [0.1, 0.15) is 36.8 Å². The van der Waals surface area contributed by atoms with Gasteiger partial charge < -0.3 is 50.6 Å². The average molecular weight is 637 g/mol. The molecule has 0 saturated carbocycles. The van der Waals surface area contributed by atoms with E-state index in [0.717, 1.165) is 0 Å². The largest absolute Gasteiger partial charge is 0.491 e. The van der Waals surface area contributed by atoms with Crippen molar-refractivity contribution in [2.24, 2.45) is 0 Å². The van der Waals surface area contributed by atoms with Crippen LogP contribution >= 0.6 is 11.6 Å². The molecule has 1 unspecified atom stereocenters. The number of aliphatic hydroxyl groups excluding tert-OH is 4. The van der Waals surface area contributed by atoms with Crippen LogP contribution in [-0.2, 0) is 14.3 Å². The number of aliphatic hydroxyl groups is 4. The quantitative estimate of drug-likeness (QED) is 0.128. The third-order valence-corrected chi connectivity index (χ3v) is 6.66. The van der Waals surface area contributed by atoms with E-state index in [1.807, 2.05) is 0 Å². The van der Waals surface area contributed by atoms with E-state index in [-0.39, 0.29) is 41.6 Å². The van der Waals surface area contributed by atoms with Crippen molar-refractivity contribution in [1.29, 1.82) is 0 Å². The first kappa shape index (κ1) is 32.9. The van der Waals surface area contributed by atoms with Crippen LogP contribution in [0.1, 0.15) is 10.4 Å². The smallest absolute Gasteiger partial charge is 0.255 e. The summed E-state index contributed by atoms with van der Waals surface area (Å²) < 4.78 is 30.1. The first-order valence-corrected chi connectivity index (χ1v) is 13.5. The molecular formula is C27H30ClFN6O9. The lowest BCUT2D eigenvalue weighted by Crippen LogP contribution is -2.59. The van der Waals surface area contributed by atoms with E-state index < -0.39 is 61.6 Å². The second-order valence-corrected chi connectivity index (χ2v) is 9.83. The Kier molecular flexibility index (Phi) is 11.3. The number of methoxy groups -OCH3 is 1. The van der Waals surface area contributed by atoms with Crippen molar-refractivity contribution in [2.45, 2.75) is 30.7 Å². The number of anilines is 2. The molecule has 5 atom stereocenters. The molecular weight excluding hydrogens is 607 g/mol. The van der Waals surface area contributed by atoms with Crippen molar-refractivity contribution in [3.8, 4) is 17.1 Å². The predicted molar refractivity (Wildman–Crippen MR) is 152 cm³/mol. The molecule has 2 amide bonds. The molecule has 1 aromatic carbocycles. The van der Waals surface area contributed by atoms with Crippen LogP contribution < -0.4 is 20.7 Å². The fourth-order valence-electron chi connectivity index (χ4n) is 4.11. The van der Waals surface area contributed by atoms with Gasteiger partial charge in [-0.05, 0) is 24.3 Å². The van der Waals surface area contributed by atoms with E-state index in [1.165, 1.54) is 50.0 Å². The fraction of sp³-hybridized carbons (Fsp3) is 0.370. The maximum Gasteiger partial charge on any atom is 0.255 e. The number of nitrogens with zero attached hydrogens (tertiary/aromatic N) is 3. The summed E-state index contributed by atoms with van der Waals surface area (Å²) in [5, 5.41) is 47.3. The predicted octanol–water partition coefficient (Wildman–Crippen LogP) is -0.254. The van der Waals surface area contributed by atoms with Gasteiger partial charge in [-0.2, -0.15) is 0 Å². The number of carbonyl (C=O) groups is 2. The molecule has 4 rings (SSSR count). The van der Waals surface area contributed by atoms with Crippen molar-refractivity contribution in [3.63, 3.8) is 0 Å². The molecule has 44 heavy (non-hydrogen) atoms. The molecule has 2 aromatic heterocycles. The summed E-state index contributed by atoms with van der Waals surface area (Å²) in [5.74, 6) is -1.36. The molecule has 236 valence electrons. The summed E-state index contributed by atoms with van der Waals surface area (Å²) in [6.45, 7) is -1.20. The Morgan fingerprint density at radius 3 is 2.61 bits per heavy atom. The number of pyridine rings is 1. The monoisotopic (exact) mass is 636 g/mol. The molecule has 0 bridgehead atoms. The number of benzene rings is 1. The van der Waals surface area contributed by atoms with E-state index in [2.05, 4.69) is 30.9 Å². The number of hydrogen-bond acceptors (Lipinski definition) is 13. The highest BCUT2D eigenvalue weighted by Gasteiger charge is 2.44. The van der Waals surface area contributed by atoms with Crippen LogP contribution in [0.5, 0.6) is 5.75 Å². The lowest BCUT2D eigenvalue weighted by atomic mass is 9.99. The molecule has 1 aliphatic rings. The van der Waals surface area contributed by atoms with Gasteiger partial charge in [0.25, 0.3) is 5.91 Å². The van der Waals surface area contributed by atoms with Crippen molar-refractivity contribution in [2.75, 3.05) is 38.7 Å². The molecule has 0 radical (unpaired) electrons. The van der Waals surface area contributed by atoms with Crippen LogP contribution in [0.2, 0.25) is 5.02 Å². The van der Waals surface area contributed by atoms with E-state index in [1.54, 1.807) is 0 Å². The normalized spacial score (nSPS) is 21.4. The molecule has 3 aromatic rings. The minimum Gasteiger partial charge on any atom is -0.491 e. The number of carbonyl (C=O) groups excluding carboxylic acids is 2. The fourth-order valence-corrected chi connectivity index (χ4v) is 4.28. The summed E-state index contributed by atoms with van der Waals surface area (Å²) in [6.07, 6.45) is -3.37. The van der Waals surface area contributed by atoms with E-state index in [4.69, 9.17) is 25.8 Å². The van der Waals surface area contributed by atoms with Crippen LogP contribution in [0, 0.1) is 5.82 Å². The van der Waals surface area contributed by atoms with Gasteiger partial charge in [0.05, 0.1) is 36.7 Å². The van der Waals surface area contributed by atoms with Gasteiger partial charge in [0.15, 0.2) is 23.7 Å². The van der Waals surface area contributed by atoms with Crippen molar-refractivity contribution >= 4 is 34.9 Å². The van der Waals surface area contributed by atoms with Gasteiger partial charge >= 0.3 is 0 Å². The number of ether oxygens (including phenoxy) is 3. The minimum absolute atomic E-state index is 0.0000682. The molecule has 1 saturated heterocycles. The second kappa shape index (κ2) is 15.1. The maximum atomic E-state index is 14.4. The number of nitrogens with one attached hydrogen (secondary N) is 3. The Hall–Kier alpha value is -4.03. The Morgan fingerprint density at radius 1 is 1.09 bits per heavy atom. The number of hydrogen-bond donors (Lipinski definition) is 7. The van der Waals surface area contributed by atoms with Gasteiger partial charge in [-0.15, -0.1) is 0 Å². The number of amides is 2. The molecule has 0 aliphatic carbocycles. The summed E-state index contributed by atoms with van der Waals surface area (Å²) in [6, 6.07) is 5.50. The number of rotatable bonds is 12. The highest BCUT2D eigenvalue weighted by molar-refractivity contribution is 6.30. The summed E-state index contributed by atoms with van der Waals surface area (Å²) in [7, 11) is 1.40. The molecule has 1 fully saturated rings. The zero-order valence-corrected chi connectivity index (χ0v) is 23.9. The topological polar surface area (TPSA) is 218 Å². The van der Waals surface area contributed by atoms with Crippen molar-refractivity contribution < 1.29 is 48.6 Å². The van der Waals surface area contributed by atoms with Crippen LogP contribution in [0.3, 0.4) is 0 Å². The van der Waals surface area contributed by atoms with E-state index >= 15 is 0 Å². The van der Waals surface area contributed by atoms with Gasteiger partial charge in [-0.25, -0.2) is 14.4 Å². The minimum atomic E-state index is -1.64. The highest BCUT2D eigenvalue weighted by atomic mass is 35.5. The Bertz CT molecular complexity index is 1470. The third-order valence-electron chi connectivity index (χ3n) is 6.42. The Balaban J connectivity index is 1.33. The van der Waals surface area contributed by atoms with Gasteiger partial charge in [-0.1, -0.05) is 11.6 Å². The van der Waals surface area contributed by atoms with Gasteiger partial charge in [0.2, 0.25) is 5.91 Å². The Labute approximate surface area is 255 Å². The second-order valence-electron chi connectivity index (χ2n) is 9.40. The van der Waals surface area contributed by atoms with Crippen LogP contribution in [-0.4, -0.2) is 111 Å². The van der Waals surface area contributed by atoms with Crippen molar-refractivity contribution in [3.05, 3.63) is 59.3 Å².